The van der Waals surface area contributed by atoms with E-state index in [0.29, 0.717) is 10.0 Å². The fourth-order valence-corrected chi connectivity index (χ4v) is 3.09. The zero-order valence-corrected chi connectivity index (χ0v) is 9.06. The second kappa shape index (κ2) is 3.82. The molecule has 0 bridgehead atoms. The van der Waals surface area contributed by atoms with Crippen LogP contribution in [0.3, 0.4) is 0 Å². The van der Waals surface area contributed by atoms with Gasteiger partial charge in [0.15, 0.2) is 0 Å². The molecule has 1 atom stereocenters. The van der Waals surface area contributed by atoms with Gasteiger partial charge < -0.3 is 0 Å². The Morgan fingerprint density at radius 3 is 2.43 bits per heavy atom. The van der Waals surface area contributed by atoms with Crippen LogP contribution >= 0.6 is 0 Å². The Balaban J connectivity index is 2.31. The fourth-order valence-electron chi connectivity index (χ4n) is 1.24. The number of allylic oxidation sites excluding steroid dienone is 3. The zero-order chi connectivity index (χ0) is 9.97. The van der Waals surface area contributed by atoms with Crippen molar-refractivity contribution < 1.29 is 8.63 Å². The number of hydrogen-bond donors (Lipinski definition) is 0. The number of rotatable bonds is 2. The monoisotopic (exact) mass is 252 g/mol. The van der Waals surface area contributed by atoms with E-state index >= 15 is 0 Å². The van der Waals surface area contributed by atoms with Gasteiger partial charge in [-0.3, -0.25) is 0 Å². The molecule has 3 heteroatoms. The van der Waals surface area contributed by atoms with Crippen molar-refractivity contribution in [3.8, 4) is 0 Å². The first kappa shape index (κ1) is 9.25. The molecule has 1 unspecified atom stereocenters. The van der Waals surface area contributed by atoms with Crippen LogP contribution in [0.5, 0.6) is 0 Å². The minimum atomic E-state index is -2.18. The van der Waals surface area contributed by atoms with Crippen molar-refractivity contribution in [1.82, 2.24) is 0 Å². The summed E-state index contributed by atoms with van der Waals surface area (Å²) < 4.78 is 11.9. The number of ketones is 1. The molecule has 1 aliphatic heterocycles. The Labute approximate surface area is 86.0 Å². The molecule has 0 saturated heterocycles. The number of carbonyl (C=O) groups is 1. The van der Waals surface area contributed by atoms with Crippen LogP contribution in [0, 0.1) is 0 Å². The van der Waals surface area contributed by atoms with E-state index in [-0.39, 0.29) is 5.78 Å². The fraction of sp³-hybridized carbons (Fsp3) is 0. The van der Waals surface area contributed by atoms with Crippen molar-refractivity contribution in [2.24, 2.45) is 0 Å². The van der Waals surface area contributed by atoms with E-state index in [0.717, 1.165) is 0 Å². The molecule has 1 aromatic carbocycles. The van der Waals surface area contributed by atoms with E-state index in [1.54, 1.807) is 41.4 Å². The molecule has 0 N–H and O–H groups in total. The Bertz CT molecular complexity index is 444. The van der Waals surface area contributed by atoms with E-state index in [4.69, 9.17) is 0 Å². The maximum absolute atomic E-state index is 11.8. The number of benzene rings is 1. The molecule has 0 spiro atoms. The summed E-state index contributed by atoms with van der Waals surface area (Å²) in [7, 11) is 0. The first-order valence-corrected chi connectivity index (χ1v) is 6.72. The van der Waals surface area contributed by atoms with Gasteiger partial charge in [-0.2, -0.15) is 0 Å². The molecule has 70 valence electrons. The molecule has 1 aliphatic rings. The minimum absolute atomic E-state index is 0.115. The topological polar surface area (TPSA) is 34.1 Å². The van der Waals surface area contributed by atoms with Crippen molar-refractivity contribution in [2.45, 2.75) is 0 Å². The zero-order valence-electron chi connectivity index (χ0n) is 7.34. The van der Waals surface area contributed by atoms with E-state index in [1.165, 1.54) is 0 Å². The Kier molecular flexibility index (Phi) is 2.53. The molecule has 0 fully saturated rings. The van der Waals surface area contributed by atoms with Crippen molar-refractivity contribution in [1.29, 1.82) is 0 Å². The Morgan fingerprint density at radius 1 is 1.14 bits per heavy atom. The molecule has 0 aromatic heterocycles. The number of hydrogen-bond acceptors (Lipinski definition) is 2. The molecular formula is C11H8O2Se. The second-order valence-electron chi connectivity index (χ2n) is 2.85. The molecule has 1 aromatic rings. The molecule has 1 heterocycles. The van der Waals surface area contributed by atoms with E-state index < -0.39 is 13.8 Å². The molecule has 0 radical (unpaired) electrons. The predicted molar refractivity (Wildman–Crippen MR) is 54.4 cm³/mol. The predicted octanol–water partition coefficient (Wildman–Crippen LogP) is 1.87. The molecule has 0 amide bonds. The van der Waals surface area contributed by atoms with Gasteiger partial charge in [-0.25, -0.2) is 0 Å². The van der Waals surface area contributed by atoms with Crippen LogP contribution in [0.15, 0.2) is 51.9 Å². The number of carbonyl (C=O) groups excluding carboxylic acids is 1. The average molecular weight is 251 g/mol. The third-order valence-corrected chi connectivity index (χ3v) is 4.36. The summed E-state index contributed by atoms with van der Waals surface area (Å²) in [5.74, 6) is -0.115. The summed E-state index contributed by atoms with van der Waals surface area (Å²) in [6.45, 7) is 0. The van der Waals surface area contributed by atoms with Gasteiger partial charge in [0.05, 0.1) is 0 Å². The van der Waals surface area contributed by atoms with Crippen molar-refractivity contribution in [2.75, 3.05) is 0 Å². The first-order chi connectivity index (χ1) is 6.79. The quantitative estimate of drug-likeness (QED) is 0.594. The van der Waals surface area contributed by atoms with Crippen molar-refractivity contribution >= 4 is 19.6 Å². The van der Waals surface area contributed by atoms with Gasteiger partial charge in [-0.15, -0.1) is 0 Å². The van der Waals surface area contributed by atoms with E-state index in [9.17, 15) is 8.63 Å². The van der Waals surface area contributed by atoms with Gasteiger partial charge >= 0.3 is 85.7 Å². The average Bonchev–Trinajstić information content (AvgIpc) is 2.65. The first-order valence-electron chi connectivity index (χ1n) is 4.18. The van der Waals surface area contributed by atoms with Crippen LogP contribution in [0.4, 0.5) is 0 Å². The van der Waals surface area contributed by atoms with Gasteiger partial charge in [0.1, 0.15) is 0 Å². The molecule has 2 rings (SSSR count). The normalized spacial score (nSPS) is 19.4. The van der Waals surface area contributed by atoms with Gasteiger partial charge in [-0.1, -0.05) is 0 Å². The van der Waals surface area contributed by atoms with Gasteiger partial charge in [0.25, 0.3) is 0 Å². The molecule has 0 saturated carbocycles. The van der Waals surface area contributed by atoms with Crippen LogP contribution in [-0.4, -0.2) is 19.6 Å². The van der Waals surface area contributed by atoms with Gasteiger partial charge in [0, 0.05) is 0 Å². The Hall–Kier alpha value is -1.31. The van der Waals surface area contributed by atoms with Crippen molar-refractivity contribution in [3.05, 3.63) is 57.5 Å². The summed E-state index contributed by atoms with van der Waals surface area (Å²) >= 11 is -2.18. The summed E-state index contributed by atoms with van der Waals surface area (Å²) in [4.78, 5) is 13.4. The van der Waals surface area contributed by atoms with Crippen LogP contribution in [0.2, 0.25) is 0 Å². The van der Waals surface area contributed by atoms with Crippen LogP contribution in [0.1, 0.15) is 10.4 Å². The molecular weight excluding hydrogens is 243 g/mol. The summed E-state index contributed by atoms with van der Waals surface area (Å²) in [6, 6.07) is 8.93. The van der Waals surface area contributed by atoms with E-state index in [1.807, 2.05) is 6.07 Å². The third kappa shape index (κ3) is 1.65. The summed E-state index contributed by atoms with van der Waals surface area (Å²) in [5, 5.41) is 0. The Morgan fingerprint density at radius 2 is 1.86 bits per heavy atom. The molecule has 0 aliphatic carbocycles. The SMILES string of the molecule is O=C(C1=CC=C[Se]1=O)c1ccccc1. The molecule has 2 nitrogen and oxygen atoms in total. The summed E-state index contributed by atoms with van der Waals surface area (Å²) in [6.07, 6.45) is 3.33. The van der Waals surface area contributed by atoms with Crippen LogP contribution in [-0.2, 0) is 3.83 Å². The maximum atomic E-state index is 11.8. The van der Waals surface area contributed by atoms with Gasteiger partial charge in [-0.05, 0) is 0 Å². The van der Waals surface area contributed by atoms with E-state index in [2.05, 4.69) is 0 Å². The number of Topliss-reactive ketones (excluding diaryl/α,β-unsaturated/α-hetero) is 1. The summed E-state index contributed by atoms with van der Waals surface area (Å²) in [5.41, 5.74) is 0.604. The van der Waals surface area contributed by atoms with Crippen molar-refractivity contribution in [3.63, 3.8) is 0 Å². The molecule has 14 heavy (non-hydrogen) atoms. The second-order valence-corrected chi connectivity index (χ2v) is 5.59. The van der Waals surface area contributed by atoms with Crippen LogP contribution < -0.4 is 0 Å². The standard InChI is InChI=1S/C11H8O2Se/c12-11(9-5-2-1-3-6-9)10-7-4-8-14(10)13/h1-8H. The van der Waals surface area contributed by atoms with Crippen LogP contribution in [0.25, 0.3) is 0 Å². The third-order valence-electron chi connectivity index (χ3n) is 1.93. The van der Waals surface area contributed by atoms with Gasteiger partial charge in [0.2, 0.25) is 0 Å².